The maximum atomic E-state index is 12.8. The summed E-state index contributed by atoms with van der Waals surface area (Å²) >= 11 is 0. The molecule has 0 saturated carbocycles. The number of hydrogen-bond donors (Lipinski definition) is 2. The predicted octanol–water partition coefficient (Wildman–Crippen LogP) is 1.27. The highest BCUT2D eigenvalue weighted by molar-refractivity contribution is 5.91. The first-order chi connectivity index (χ1) is 10.7. The highest BCUT2D eigenvalue weighted by Crippen LogP contribution is 2.17. The largest absolute Gasteiger partial charge is 0.347 e. The summed E-state index contributed by atoms with van der Waals surface area (Å²) in [4.78, 5) is 12.1. The maximum Gasteiger partial charge on any atom is 0.273 e. The van der Waals surface area contributed by atoms with Crippen LogP contribution >= 0.6 is 0 Å². The number of amides is 1. The van der Waals surface area contributed by atoms with E-state index in [4.69, 9.17) is 0 Å². The third kappa shape index (κ3) is 3.48. The van der Waals surface area contributed by atoms with Gasteiger partial charge in [-0.3, -0.25) is 4.79 Å². The number of hydrogen-bond acceptors (Lipinski definition) is 4. The highest BCUT2D eigenvalue weighted by atomic mass is 19.1. The molecule has 6 nitrogen and oxygen atoms in total. The average molecular weight is 303 g/mol. The minimum atomic E-state index is -0.292. The summed E-state index contributed by atoms with van der Waals surface area (Å²) in [5.74, 6) is -0.565. The van der Waals surface area contributed by atoms with Crippen molar-refractivity contribution in [1.82, 2.24) is 25.6 Å². The van der Waals surface area contributed by atoms with E-state index in [0.29, 0.717) is 18.3 Å². The van der Waals surface area contributed by atoms with E-state index in [1.807, 2.05) is 0 Å². The molecule has 7 heteroatoms. The molecule has 0 aliphatic carbocycles. The molecule has 0 spiro atoms. The molecule has 3 rings (SSSR count). The highest BCUT2D eigenvalue weighted by Gasteiger charge is 2.18. The minimum Gasteiger partial charge on any atom is -0.347 e. The van der Waals surface area contributed by atoms with E-state index in [9.17, 15) is 9.18 Å². The van der Waals surface area contributed by atoms with Crippen LogP contribution in [0.2, 0.25) is 0 Å². The lowest BCUT2D eigenvalue weighted by Gasteiger charge is -2.22. The third-order valence-corrected chi connectivity index (χ3v) is 3.79. The zero-order valence-corrected chi connectivity index (χ0v) is 12.1. The number of rotatable bonds is 4. The van der Waals surface area contributed by atoms with Gasteiger partial charge >= 0.3 is 0 Å². The molecule has 1 amide bonds. The van der Waals surface area contributed by atoms with E-state index in [2.05, 4.69) is 20.9 Å². The Hall–Kier alpha value is -2.28. The number of carbonyl (C=O) groups excluding carboxylic acids is 1. The van der Waals surface area contributed by atoms with Crippen molar-refractivity contribution < 1.29 is 9.18 Å². The molecular formula is C15H18FN5O. The Labute approximate surface area is 127 Å². The van der Waals surface area contributed by atoms with Gasteiger partial charge in [0.25, 0.3) is 5.91 Å². The van der Waals surface area contributed by atoms with Crippen molar-refractivity contribution in [2.45, 2.75) is 25.4 Å². The Morgan fingerprint density at radius 1 is 1.32 bits per heavy atom. The van der Waals surface area contributed by atoms with Crippen LogP contribution in [0, 0.1) is 5.82 Å². The molecule has 1 fully saturated rings. The van der Waals surface area contributed by atoms with E-state index >= 15 is 0 Å². The van der Waals surface area contributed by atoms with Crippen molar-refractivity contribution in [2.75, 3.05) is 13.1 Å². The number of piperidine rings is 1. The summed E-state index contributed by atoms with van der Waals surface area (Å²) in [6.45, 7) is 2.24. The Morgan fingerprint density at radius 3 is 2.77 bits per heavy atom. The van der Waals surface area contributed by atoms with E-state index in [0.717, 1.165) is 31.5 Å². The Morgan fingerprint density at radius 2 is 2.05 bits per heavy atom. The third-order valence-electron chi connectivity index (χ3n) is 3.79. The molecule has 0 unspecified atom stereocenters. The summed E-state index contributed by atoms with van der Waals surface area (Å²) in [6.07, 6.45) is 3.66. The van der Waals surface area contributed by atoms with Crippen LogP contribution in [0.15, 0.2) is 30.5 Å². The van der Waals surface area contributed by atoms with Crippen molar-refractivity contribution in [3.63, 3.8) is 0 Å². The van der Waals surface area contributed by atoms with Gasteiger partial charge < -0.3 is 10.6 Å². The van der Waals surface area contributed by atoms with Crippen LogP contribution in [0.1, 0.15) is 34.9 Å². The van der Waals surface area contributed by atoms with E-state index in [1.54, 1.807) is 23.0 Å². The average Bonchev–Trinajstić information content (AvgIpc) is 3.05. The van der Waals surface area contributed by atoms with Gasteiger partial charge in [0.1, 0.15) is 5.82 Å². The Bertz CT molecular complexity index is 634. The molecule has 2 N–H and O–H groups in total. The molecular weight excluding hydrogens is 285 g/mol. The monoisotopic (exact) mass is 303 g/mol. The smallest absolute Gasteiger partial charge is 0.273 e. The van der Waals surface area contributed by atoms with Crippen LogP contribution in [-0.4, -0.2) is 34.0 Å². The molecule has 116 valence electrons. The SMILES string of the molecule is O=C(NCc1ccc(F)cc1)c1cn(C2CCNCC2)nn1. The lowest BCUT2D eigenvalue weighted by atomic mass is 10.1. The molecule has 1 aliphatic heterocycles. The van der Waals surface area contributed by atoms with Crippen LogP contribution in [0.5, 0.6) is 0 Å². The van der Waals surface area contributed by atoms with Gasteiger partial charge in [-0.2, -0.15) is 0 Å². The quantitative estimate of drug-likeness (QED) is 0.892. The van der Waals surface area contributed by atoms with Gasteiger partial charge in [-0.1, -0.05) is 17.3 Å². The molecule has 2 aromatic rings. The summed E-state index contributed by atoms with van der Waals surface area (Å²) in [5, 5.41) is 14.0. The van der Waals surface area contributed by atoms with Crippen LogP contribution in [0.25, 0.3) is 0 Å². The first kappa shape index (κ1) is 14.6. The number of benzene rings is 1. The van der Waals surface area contributed by atoms with Crippen molar-refractivity contribution in [3.05, 3.63) is 47.5 Å². The Kier molecular flexibility index (Phi) is 4.43. The lowest BCUT2D eigenvalue weighted by molar-refractivity contribution is 0.0946. The van der Waals surface area contributed by atoms with E-state index in [-0.39, 0.29) is 11.7 Å². The van der Waals surface area contributed by atoms with Crippen molar-refractivity contribution in [2.24, 2.45) is 0 Å². The molecule has 1 aromatic carbocycles. The van der Waals surface area contributed by atoms with Crippen LogP contribution in [0.4, 0.5) is 4.39 Å². The van der Waals surface area contributed by atoms with Gasteiger partial charge in [0.05, 0.1) is 12.2 Å². The fourth-order valence-corrected chi connectivity index (χ4v) is 2.51. The summed E-state index contributed by atoms with van der Waals surface area (Å²) in [6, 6.07) is 6.32. The zero-order chi connectivity index (χ0) is 15.4. The normalized spacial score (nSPS) is 15.7. The second-order valence-electron chi connectivity index (χ2n) is 5.37. The summed E-state index contributed by atoms with van der Waals surface area (Å²) < 4.78 is 14.6. The maximum absolute atomic E-state index is 12.8. The van der Waals surface area contributed by atoms with Crippen molar-refractivity contribution in [1.29, 1.82) is 0 Å². The minimum absolute atomic E-state index is 0.274. The van der Waals surface area contributed by atoms with Gasteiger partial charge in [-0.05, 0) is 43.6 Å². The topological polar surface area (TPSA) is 71.8 Å². The number of aromatic nitrogens is 3. The molecule has 1 aliphatic rings. The number of nitrogens with zero attached hydrogens (tertiary/aromatic N) is 3. The second-order valence-corrected chi connectivity index (χ2v) is 5.37. The lowest BCUT2D eigenvalue weighted by Crippen LogP contribution is -2.29. The van der Waals surface area contributed by atoms with Crippen LogP contribution < -0.4 is 10.6 Å². The van der Waals surface area contributed by atoms with E-state index < -0.39 is 0 Å². The number of carbonyl (C=O) groups is 1. The van der Waals surface area contributed by atoms with Crippen LogP contribution in [-0.2, 0) is 6.54 Å². The van der Waals surface area contributed by atoms with Gasteiger partial charge in [-0.15, -0.1) is 5.10 Å². The summed E-state index contributed by atoms with van der Waals surface area (Å²) in [7, 11) is 0. The van der Waals surface area contributed by atoms with Gasteiger partial charge in [0.15, 0.2) is 5.69 Å². The fourth-order valence-electron chi connectivity index (χ4n) is 2.51. The van der Waals surface area contributed by atoms with Crippen molar-refractivity contribution >= 4 is 5.91 Å². The number of halogens is 1. The van der Waals surface area contributed by atoms with E-state index in [1.165, 1.54) is 12.1 Å². The molecule has 1 aromatic heterocycles. The molecule has 0 radical (unpaired) electrons. The summed E-state index contributed by atoms with van der Waals surface area (Å²) in [5.41, 5.74) is 1.14. The second kappa shape index (κ2) is 6.65. The standard InChI is InChI=1S/C15H18FN5O/c16-12-3-1-11(2-4-12)9-18-15(22)14-10-21(20-19-14)13-5-7-17-8-6-13/h1-4,10,13,17H,5-9H2,(H,18,22). The first-order valence-corrected chi connectivity index (χ1v) is 7.37. The zero-order valence-electron chi connectivity index (χ0n) is 12.1. The predicted molar refractivity (Wildman–Crippen MR) is 78.7 cm³/mol. The fraction of sp³-hybridized carbons (Fsp3) is 0.400. The molecule has 2 heterocycles. The first-order valence-electron chi connectivity index (χ1n) is 7.37. The molecule has 1 saturated heterocycles. The van der Waals surface area contributed by atoms with Gasteiger partial charge in [-0.25, -0.2) is 9.07 Å². The molecule has 22 heavy (non-hydrogen) atoms. The van der Waals surface area contributed by atoms with Crippen molar-refractivity contribution in [3.8, 4) is 0 Å². The molecule has 0 bridgehead atoms. The molecule has 0 atom stereocenters. The van der Waals surface area contributed by atoms with Gasteiger partial charge in [0, 0.05) is 6.54 Å². The van der Waals surface area contributed by atoms with Gasteiger partial charge in [0.2, 0.25) is 0 Å². The Balaban J connectivity index is 1.58. The van der Waals surface area contributed by atoms with Crippen LogP contribution in [0.3, 0.4) is 0 Å². The number of nitrogens with one attached hydrogen (secondary N) is 2.